The third-order valence-corrected chi connectivity index (χ3v) is 4.42. The van der Waals surface area contributed by atoms with Gasteiger partial charge < -0.3 is 20.5 Å². The molecule has 5 N–H and O–H groups in total. The molecule has 140 valence electrons. The molecule has 0 bridgehead atoms. The Hall–Kier alpha value is -1.79. The molecule has 0 radical (unpaired) electrons. The van der Waals surface area contributed by atoms with Gasteiger partial charge in [0.15, 0.2) is 6.23 Å². The maximum absolute atomic E-state index is 12.0. The Bertz CT molecular complexity index is 527. The highest BCUT2D eigenvalue weighted by Gasteiger charge is 2.18. The molecule has 25 heavy (non-hydrogen) atoms. The van der Waals surface area contributed by atoms with Gasteiger partial charge in [-0.05, 0) is 49.4 Å². The second-order valence-electron chi connectivity index (χ2n) is 7.24. The first-order valence-corrected chi connectivity index (χ1v) is 9.22. The number of aliphatic hydroxyl groups is 1. The fourth-order valence-corrected chi connectivity index (χ4v) is 3.07. The molecule has 2 atom stereocenters. The van der Waals surface area contributed by atoms with E-state index >= 15 is 0 Å². The Labute approximate surface area is 150 Å². The number of benzene rings is 1. The van der Waals surface area contributed by atoms with Crippen LogP contribution in [0.2, 0.25) is 0 Å². The quantitative estimate of drug-likeness (QED) is 0.568. The fourth-order valence-electron chi connectivity index (χ4n) is 3.07. The van der Waals surface area contributed by atoms with E-state index in [4.69, 9.17) is 10.5 Å². The molecule has 0 saturated heterocycles. The molecule has 0 heterocycles. The van der Waals surface area contributed by atoms with Crippen LogP contribution < -0.4 is 21.1 Å². The van der Waals surface area contributed by atoms with Gasteiger partial charge in [0.25, 0.3) is 0 Å². The van der Waals surface area contributed by atoms with Crippen LogP contribution in [0.15, 0.2) is 24.3 Å². The number of urea groups is 1. The maximum Gasteiger partial charge on any atom is 0.319 e. The van der Waals surface area contributed by atoms with Crippen LogP contribution in [0, 0.1) is 5.92 Å². The molecule has 0 spiro atoms. The number of nitrogens with two attached hydrogens (primary N) is 1. The lowest BCUT2D eigenvalue weighted by atomic mass is 9.96. The number of aliphatic hydroxyl groups excluding tert-OH is 1. The van der Waals surface area contributed by atoms with E-state index in [1.54, 1.807) is 24.3 Å². The van der Waals surface area contributed by atoms with Gasteiger partial charge in [-0.25, -0.2) is 4.79 Å². The fraction of sp³-hybridized carbons (Fsp3) is 0.632. The normalized spacial score (nSPS) is 17.8. The van der Waals surface area contributed by atoms with Crippen molar-refractivity contribution in [1.82, 2.24) is 5.32 Å². The molecule has 6 nitrogen and oxygen atoms in total. The van der Waals surface area contributed by atoms with Crippen LogP contribution in [0.3, 0.4) is 0 Å². The monoisotopic (exact) mass is 349 g/mol. The summed E-state index contributed by atoms with van der Waals surface area (Å²) in [5.74, 6) is 0.910. The lowest BCUT2D eigenvalue weighted by Gasteiger charge is -2.23. The van der Waals surface area contributed by atoms with Gasteiger partial charge in [0, 0.05) is 11.7 Å². The van der Waals surface area contributed by atoms with Gasteiger partial charge >= 0.3 is 6.03 Å². The standard InChI is InChI=1S/C19H31N3O3/c1-13(2)12-17(23)18(20)25-16-10-8-15(9-11-16)22-19(24)21-14-6-4-3-5-7-14/h8-11,13-14,17-18,23H,3-7,12,20H2,1-2H3,(H2,21,22,24). The molecule has 6 heteroatoms. The number of carbonyl (C=O) groups is 1. The number of rotatable bonds is 7. The first-order chi connectivity index (χ1) is 11.9. The summed E-state index contributed by atoms with van der Waals surface area (Å²) in [6.45, 7) is 4.05. The van der Waals surface area contributed by atoms with Crippen molar-refractivity contribution in [2.45, 2.75) is 70.7 Å². The number of anilines is 1. The molecule has 1 fully saturated rings. The summed E-state index contributed by atoms with van der Waals surface area (Å²) in [6.07, 6.45) is 4.83. The molecule has 1 aromatic rings. The lowest BCUT2D eigenvalue weighted by Crippen LogP contribution is -2.40. The van der Waals surface area contributed by atoms with Crippen LogP contribution in [0.25, 0.3) is 0 Å². The first kappa shape index (κ1) is 19.5. The number of nitrogens with one attached hydrogen (secondary N) is 2. The number of amides is 2. The van der Waals surface area contributed by atoms with Crippen LogP contribution in [-0.4, -0.2) is 29.5 Å². The maximum atomic E-state index is 12.0. The van der Waals surface area contributed by atoms with Crippen molar-refractivity contribution in [2.75, 3.05) is 5.32 Å². The largest absolute Gasteiger partial charge is 0.473 e. The summed E-state index contributed by atoms with van der Waals surface area (Å²) in [7, 11) is 0. The minimum atomic E-state index is -0.768. The summed E-state index contributed by atoms with van der Waals surface area (Å²) >= 11 is 0. The molecule has 1 aliphatic rings. The van der Waals surface area contributed by atoms with E-state index in [0.29, 0.717) is 23.8 Å². The minimum Gasteiger partial charge on any atom is -0.473 e. The molecular formula is C19H31N3O3. The second-order valence-corrected chi connectivity index (χ2v) is 7.24. The third kappa shape index (κ3) is 6.92. The minimum absolute atomic E-state index is 0.176. The smallest absolute Gasteiger partial charge is 0.319 e. The number of hydrogen-bond donors (Lipinski definition) is 4. The van der Waals surface area contributed by atoms with E-state index in [9.17, 15) is 9.90 Å². The molecular weight excluding hydrogens is 318 g/mol. The van der Waals surface area contributed by atoms with Crippen molar-refractivity contribution in [3.63, 3.8) is 0 Å². The van der Waals surface area contributed by atoms with Crippen molar-refractivity contribution in [1.29, 1.82) is 0 Å². The van der Waals surface area contributed by atoms with E-state index in [1.165, 1.54) is 19.3 Å². The Morgan fingerprint density at radius 1 is 1.24 bits per heavy atom. The molecule has 0 aromatic heterocycles. The lowest BCUT2D eigenvalue weighted by molar-refractivity contribution is 0.0268. The number of hydrogen-bond acceptors (Lipinski definition) is 4. The molecule has 2 unspecified atom stereocenters. The van der Waals surface area contributed by atoms with Gasteiger partial charge in [-0.15, -0.1) is 0 Å². The van der Waals surface area contributed by atoms with Crippen LogP contribution in [0.4, 0.5) is 10.5 Å². The topological polar surface area (TPSA) is 96.6 Å². The number of ether oxygens (including phenoxy) is 1. The van der Waals surface area contributed by atoms with Gasteiger partial charge in [-0.2, -0.15) is 0 Å². The predicted molar refractivity (Wildman–Crippen MR) is 99.5 cm³/mol. The highest BCUT2D eigenvalue weighted by Crippen LogP contribution is 2.19. The summed E-state index contributed by atoms with van der Waals surface area (Å²) in [4.78, 5) is 12.0. The van der Waals surface area contributed by atoms with E-state index in [-0.39, 0.29) is 12.1 Å². The van der Waals surface area contributed by atoms with E-state index < -0.39 is 12.3 Å². The summed E-state index contributed by atoms with van der Waals surface area (Å²) < 4.78 is 5.56. The molecule has 1 saturated carbocycles. The molecule has 1 aromatic carbocycles. The van der Waals surface area contributed by atoms with Gasteiger partial charge in [0.2, 0.25) is 0 Å². The zero-order valence-electron chi connectivity index (χ0n) is 15.2. The van der Waals surface area contributed by atoms with Crippen molar-refractivity contribution in [3.05, 3.63) is 24.3 Å². The van der Waals surface area contributed by atoms with Crippen LogP contribution in [0.1, 0.15) is 52.4 Å². The predicted octanol–water partition coefficient (Wildman–Crippen LogP) is 3.21. The van der Waals surface area contributed by atoms with Crippen LogP contribution in [0.5, 0.6) is 5.75 Å². The Morgan fingerprint density at radius 3 is 2.48 bits per heavy atom. The second kappa shape index (κ2) is 9.63. The van der Waals surface area contributed by atoms with Crippen LogP contribution in [-0.2, 0) is 0 Å². The first-order valence-electron chi connectivity index (χ1n) is 9.22. The van der Waals surface area contributed by atoms with E-state index in [1.807, 2.05) is 13.8 Å². The van der Waals surface area contributed by atoms with Gasteiger partial charge in [0.1, 0.15) is 11.9 Å². The summed E-state index contributed by atoms with van der Waals surface area (Å²) in [5, 5.41) is 15.8. The molecule has 0 aliphatic heterocycles. The van der Waals surface area contributed by atoms with E-state index in [0.717, 1.165) is 12.8 Å². The Kier molecular flexibility index (Phi) is 7.52. The summed E-state index contributed by atoms with van der Waals surface area (Å²) in [6, 6.07) is 7.09. The number of carbonyl (C=O) groups excluding carboxylic acids is 1. The zero-order valence-corrected chi connectivity index (χ0v) is 15.2. The molecule has 2 amide bonds. The molecule has 1 aliphatic carbocycles. The molecule has 2 rings (SSSR count). The average Bonchev–Trinajstić information content (AvgIpc) is 2.57. The third-order valence-electron chi connectivity index (χ3n) is 4.42. The van der Waals surface area contributed by atoms with E-state index in [2.05, 4.69) is 10.6 Å². The highest BCUT2D eigenvalue weighted by molar-refractivity contribution is 5.89. The van der Waals surface area contributed by atoms with Gasteiger partial charge in [0.05, 0.1) is 0 Å². The SMILES string of the molecule is CC(C)CC(O)C(N)Oc1ccc(NC(=O)NC2CCCCC2)cc1. The van der Waals surface area contributed by atoms with Crippen molar-refractivity contribution in [3.8, 4) is 5.75 Å². The zero-order chi connectivity index (χ0) is 18.2. The Balaban J connectivity index is 1.79. The highest BCUT2D eigenvalue weighted by atomic mass is 16.5. The van der Waals surface area contributed by atoms with Crippen molar-refractivity contribution >= 4 is 11.7 Å². The van der Waals surface area contributed by atoms with Crippen molar-refractivity contribution in [2.24, 2.45) is 11.7 Å². The van der Waals surface area contributed by atoms with Gasteiger partial charge in [-0.1, -0.05) is 33.1 Å². The Morgan fingerprint density at radius 2 is 1.88 bits per heavy atom. The van der Waals surface area contributed by atoms with Crippen molar-refractivity contribution < 1.29 is 14.6 Å². The average molecular weight is 349 g/mol. The summed E-state index contributed by atoms with van der Waals surface area (Å²) in [5.41, 5.74) is 6.56. The van der Waals surface area contributed by atoms with Crippen LogP contribution >= 0.6 is 0 Å². The van der Waals surface area contributed by atoms with Gasteiger partial charge in [-0.3, -0.25) is 5.73 Å².